The molecule has 1 aliphatic carbocycles. The van der Waals surface area contributed by atoms with Crippen LogP contribution in [-0.4, -0.2) is 66.2 Å². The monoisotopic (exact) mass is 721 g/mol. The fourth-order valence-corrected chi connectivity index (χ4v) is 6.19. The Bertz CT molecular complexity index is 1820. The van der Waals surface area contributed by atoms with Crippen molar-refractivity contribution in [3.8, 4) is 11.1 Å². The van der Waals surface area contributed by atoms with Crippen molar-refractivity contribution in [2.45, 2.75) is 76.3 Å². The zero-order valence-electron chi connectivity index (χ0n) is 30.3. The third-order valence-corrected chi connectivity index (χ3v) is 8.71. The standard InChI is InChI=1S/C42H47N3O8/c1-42(2,3)53-41(49)45(40(48)51-27-34-32-21-12-10-19-30(32)31-20-11-13-22-33(31)34)37(52-39(47)36(44)26-29-17-8-5-9-18-29)23-14-24-50-38(46)35(43)25-28-15-6-4-7-16-28/h4-13,15-22,34-37H,14,23-27,43-44H2,1-3H3/t35-,36-,37?/m0/s1. The molecule has 3 atom stereocenters. The number of hydrogen-bond acceptors (Lipinski definition) is 10. The van der Waals surface area contributed by atoms with Crippen molar-refractivity contribution in [2.24, 2.45) is 11.5 Å². The number of hydrogen-bond donors (Lipinski definition) is 2. The lowest BCUT2D eigenvalue weighted by Gasteiger charge is -2.32. The molecule has 4 N–H and O–H groups in total. The molecule has 4 aromatic carbocycles. The van der Waals surface area contributed by atoms with Crippen LogP contribution < -0.4 is 11.5 Å². The molecule has 278 valence electrons. The summed E-state index contributed by atoms with van der Waals surface area (Å²) in [4.78, 5) is 54.6. The van der Waals surface area contributed by atoms with Gasteiger partial charge in [-0.3, -0.25) is 9.59 Å². The molecule has 4 aromatic rings. The molecular formula is C42H47N3O8. The second-order valence-corrected chi connectivity index (χ2v) is 13.9. The highest BCUT2D eigenvalue weighted by Gasteiger charge is 2.39. The van der Waals surface area contributed by atoms with Crippen LogP contribution in [0.2, 0.25) is 0 Å². The molecule has 1 aliphatic rings. The maximum absolute atomic E-state index is 14.0. The van der Waals surface area contributed by atoms with Gasteiger partial charge in [0.2, 0.25) is 0 Å². The summed E-state index contributed by atoms with van der Waals surface area (Å²) in [6, 6.07) is 32.1. The molecule has 0 fully saturated rings. The van der Waals surface area contributed by atoms with E-state index in [9.17, 15) is 19.2 Å². The number of carbonyl (C=O) groups is 4. The second kappa shape index (κ2) is 17.8. The van der Waals surface area contributed by atoms with Gasteiger partial charge in [-0.25, -0.2) is 9.59 Å². The molecular weight excluding hydrogens is 674 g/mol. The number of ether oxygens (including phenoxy) is 4. The summed E-state index contributed by atoms with van der Waals surface area (Å²) >= 11 is 0. The van der Waals surface area contributed by atoms with Crippen LogP contribution in [0.5, 0.6) is 0 Å². The van der Waals surface area contributed by atoms with Gasteiger partial charge in [0, 0.05) is 12.3 Å². The van der Waals surface area contributed by atoms with Gasteiger partial charge < -0.3 is 30.4 Å². The van der Waals surface area contributed by atoms with Crippen LogP contribution in [0.3, 0.4) is 0 Å². The van der Waals surface area contributed by atoms with Gasteiger partial charge >= 0.3 is 24.1 Å². The Labute approximate surface area is 310 Å². The van der Waals surface area contributed by atoms with Crippen LogP contribution in [0.25, 0.3) is 11.1 Å². The van der Waals surface area contributed by atoms with E-state index in [1.54, 1.807) is 20.8 Å². The van der Waals surface area contributed by atoms with Crippen LogP contribution >= 0.6 is 0 Å². The van der Waals surface area contributed by atoms with Crippen molar-refractivity contribution in [3.05, 3.63) is 131 Å². The number of rotatable bonds is 14. The van der Waals surface area contributed by atoms with Crippen LogP contribution in [0.15, 0.2) is 109 Å². The SMILES string of the molecule is CC(C)(C)OC(=O)N(C(=O)OCC1c2ccccc2-c2ccccc21)C(CCCOC(=O)[C@@H](N)Cc1ccccc1)OC(=O)[C@@H](N)Cc1ccccc1. The number of imide groups is 1. The second-order valence-electron chi connectivity index (χ2n) is 13.9. The Morgan fingerprint density at radius 2 is 1.15 bits per heavy atom. The predicted octanol–water partition coefficient (Wildman–Crippen LogP) is 6.51. The van der Waals surface area contributed by atoms with Gasteiger partial charge in [-0.1, -0.05) is 109 Å². The molecule has 11 nitrogen and oxygen atoms in total. The third-order valence-electron chi connectivity index (χ3n) is 8.71. The molecule has 1 unspecified atom stereocenters. The van der Waals surface area contributed by atoms with E-state index in [1.807, 2.05) is 109 Å². The van der Waals surface area contributed by atoms with Crippen molar-refractivity contribution >= 4 is 24.1 Å². The number of carbonyl (C=O) groups excluding carboxylic acids is 4. The van der Waals surface area contributed by atoms with Crippen molar-refractivity contribution < 1.29 is 38.1 Å². The minimum absolute atomic E-state index is 0.0889. The lowest BCUT2D eigenvalue weighted by molar-refractivity contribution is -0.159. The minimum Gasteiger partial charge on any atom is -0.465 e. The van der Waals surface area contributed by atoms with E-state index in [0.29, 0.717) is 4.90 Å². The molecule has 0 aromatic heterocycles. The van der Waals surface area contributed by atoms with E-state index in [4.69, 9.17) is 30.4 Å². The first-order valence-corrected chi connectivity index (χ1v) is 17.7. The number of amides is 2. The molecule has 0 saturated heterocycles. The smallest absolute Gasteiger partial charge is 0.422 e. The van der Waals surface area contributed by atoms with Crippen LogP contribution in [0.4, 0.5) is 9.59 Å². The zero-order valence-corrected chi connectivity index (χ0v) is 30.3. The lowest BCUT2D eigenvalue weighted by Crippen LogP contribution is -2.51. The first kappa shape index (κ1) is 38.7. The fraction of sp³-hybridized carbons (Fsp3) is 0.333. The van der Waals surface area contributed by atoms with Gasteiger partial charge in [0.1, 0.15) is 24.3 Å². The average Bonchev–Trinajstić information content (AvgIpc) is 3.45. The summed E-state index contributed by atoms with van der Waals surface area (Å²) < 4.78 is 22.7. The number of esters is 2. The van der Waals surface area contributed by atoms with Gasteiger partial charge in [0.05, 0.1) is 6.61 Å². The molecule has 0 bridgehead atoms. The van der Waals surface area contributed by atoms with Crippen LogP contribution in [0.1, 0.15) is 61.8 Å². The van der Waals surface area contributed by atoms with Crippen molar-refractivity contribution in [2.75, 3.05) is 13.2 Å². The van der Waals surface area contributed by atoms with Crippen molar-refractivity contribution in [1.82, 2.24) is 4.90 Å². The van der Waals surface area contributed by atoms with E-state index in [2.05, 4.69) is 0 Å². The molecule has 0 aliphatic heterocycles. The summed E-state index contributed by atoms with van der Waals surface area (Å²) in [6.07, 6.45) is -3.25. The normalized spacial score (nSPS) is 13.8. The highest BCUT2D eigenvalue weighted by Crippen LogP contribution is 2.44. The quantitative estimate of drug-likeness (QED) is 0.0636. The zero-order chi connectivity index (χ0) is 38.0. The van der Waals surface area contributed by atoms with Crippen molar-refractivity contribution in [1.29, 1.82) is 0 Å². The van der Waals surface area contributed by atoms with Crippen LogP contribution in [0, 0.1) is 0 Å². The van der Waals surface area contributed by atoms with Crippen LogP contribution in [-0.2, 0) is 41.4 Å². The molecule has 0 radical (unpaired) electrons. The summed E-state index contributed by atoms with van der Waals surface area (Å²) in [5.41, 5.74) is 17.1. The maximum Gasteiger partial charge on any atom is 0.422 e. The van der Waals surface area contributed by atoms with Gasteiger partial charge in [0.25, 0.3) is 0 Å². The largest absolute Gasteiger partial charge is 0.465 e. The Hall–Kier alpha value is -5.52. The Morgan fingerprint density at radius 1 is 0.660 bits per heavy atom. The van der Waals surface area contributed by atoms with Gasteiger partial charge in [-0.2, -0.15) is 4.90 Å². The molecule has 0 spiro atoms. The maximum atomic E-state index is 14.0. The Balaban J connectivity index is 1.34. The first-order chi connectivity index (χ1) is 25.4. The van der Waals surface area contributed by atoms with E-state index in [0.717, 1.165) is 33.4 Å². The Kier molecular flexibility index (Phi) is 13.0. The molecule has 2 amide bonds. The van der Waals surface area contributed by atoms with Gasteiger partial charge in [-0.15, -0.1) is 0 Å². The highest BCUT2D eigenvalue weighted by atomic mass is 16.6. The number of fused-ring (bicyclic) bond motifs is 3. The molecule has 0 saturated carbocycles. The van der Waals surface area contributed by atoms with Gasteiger partial charge in [-0.05, 0) is 73.4 Å². The molecule has 5 rings (SSSR count). The fourth-order valence-electron chi connectivity index (χ4n) is 6.19. The van der Waals surface area contributed by atoms with E-state index in [-0.39, 0.29) is 44.8 Å². The summed E-state index contributed by atoms with van der Waals surface area (Å²) in [5, 5.41) is 0. The van der Waals surface area contributed by atoms with Gasteiger partial charge in [0.15, 0.2) is 6.23 Å². The molecule has 53 heavy (non-hydrogen) atoms. The van der Waals surface area contributed by atoms with Crippen molar-refractivity contribution in [3.63, 3.8) is 0 Å². The molecule has 0 heterocycles. The van der Waals surface area contributed by atoms with E-state index >= 15 is 0 Å². The average molecular weight is 722 g/mol. The predicted molar refractivity (Wildman–Crippen MR) is 199 cm³/mol. The number of nitrogens with two attached hydrogens (primary N) is 2. The summed E-state index contributed by atoms with van der Waals surface area (Å²) in [7, 11) is 0. The lowest BCUT2D eigenvalue weighted by atomic mass is 9.98. The van der Waals surface area contributed by atoms with E-state index < -0.39 is 48.0 Å². The Morgan fingerprint density at radius 3 is 1.68 bits per heavy atom. The van der Waals surface area contributed by atoms with E-state index in [1.165, 1.54) is 0 Å². The number of nitrogens with zero attached hydrogens (tertiary/aromatic N) is 1. The highest BCUT2D eigenvalue weighted by molar-refractivity contribution is 5.89. The topological polar surface area (TPSA) is 160 Å². The minimum atomic E-state index is -1.51. The first-order valence-electron chi connectivity index (χ1n) is 17.7. The summed E-state index contributed by atoms with van der Waals surface area (Å²) in [5.74, 6) is -1.76. The molecule has 11 heteroatoms. The number of benzene rings is 4. The third kappa shape index (κ3) is 10.5. The summed E-state index contributed by atoms with van der Waals surface area (Å²) in [6.45, 7) is 4.72.